The first-order chi connectivity index (χ1) is 13.7. The second-order valence-corrected chi connectivity index (χ2v) is 7.49. The van der Waals surface area contributed by atoms with E-state index in [0.29, 0.717) is 24.2 Å². The highest BCUT2D eigenvalue weighted by molar-refractivity contribution is 5.92. The Labute approximate surface area is 165 Å². The van der Waals surface area contributed by atoms with Crippen LogP contribution in [0.4, 0.5) is 0 Å². The van der Waals surface area contributed by atoms with Crippen molar-refractivity contribution in [2.75, 3.05) is 0 Å². The van der Waals surface area contributed by atoms with Crippen molar-refractivity contribution >= 4 is 5.91 Å². The van der Waals surface area contributed by atoms with E-state index in [1.807, 2.05) is 18.2 Å². The summed E-state index contributed by atoms with van der Waals surface area (Å²) in [4.78, 5) is 18.9. The quantitative estimate of drug-likeness (QED) is 0.645. The van der Waals surface area contributed by atoms with Gasteiger partial charge in [-0.15, -0.1) is 0 Å². The van der Waals surface area contributed by atoms with Gasteiger partial charge in [0.25, 0.3) is 5.91 Å². The smallest absolute Gasteiger partial charge is 0.273 e. The lowest BCUT2D eigenvalue weighted by Gasteiger charge is -2.21. The van der Waals surface area contributed by atoms with Crippen LogP contribution in [-0.2, 0) is 19.6 Å². The van der Waals surface area contributed by atoms with Gasteiger partial charge in [0.1, 0.15) is 6.26 Å². The minimum absolute atomic E-state index is 0.147. The Balaban J connectivity index is 1.48. The third kappa shape index (κ3) is 5.08. The highest BCUT2D eigenvalue weighted by Crippen LogP contribution is 2.20. The lowest BCUT2D eigenvalue weighted by atomic mass is 10.1. The molecule has 144 valence electrons. The van der Waals surface area contributed by atoms with Crippen LogP contribution >= 0.6 is 0 Å². The van der Waals surface area contributed by atoms with Gasteiger partial charge in [0.2, 0.25) is 5.89 Å². The molecule has 0 bridgehead atoms. The first kappa shape index (κ1) is 18.4. The van der Waals surface area contributed by atoms with Crippen molar-refractivity contribution in [3.05, 3.63) is 89.1 Å². The van der Waals surface area contributed by atoms with E-state index in [4.69, 9.17) is 4.42 Å². The van der Waals surface area contributed by atoms with Crippen LogP contribution in [0.2, 0.25) is 0 Å². The summed E-state index contributed by atoms with van der Waals surface area (Å²) < 4.78 is 5.60. The van der Waals surface area contributed by atoms with Crippen molar-refractivity contribution in [2.45, 2.75) is 45.4 Å². The highest BCUT2D eigenvalue weighted by Gasteiger charge is 2.25. The fourth-order valence-electron chi connectivity index (χ4n) is 3.24. The maximum absolute atomic E-state index is 12.2. The molecule has 2 aromatic carbocycles. The average molecular weight is 375 g/mol. The van der Waals surface area contributed by atoms with E-state index in [1.165, 1.54) is 23.0 Å². The molecule has 1 aliphatic rings. The van der Waals surface area contributed by atoms with Crippen LogP contribution < -0.4 is 5.32 Å². The minimum atomic E-state index is -0.147. The topological polar surface area (TPSA) is 58.4 Å². The van der Waals surface area contributed by atoms with Gasteiger partial charge in [-0.05, 0) is 30.9 Å². The fraction of sp³-hybridized carbons (Fsp3) is 0.304. The normalized spacial score (nSPS) is 13.6. The van der Waals surface area contributed by atoms with E-state index in [9.17, 15) is 4.79 Å². The SMILES string of the molecule is Cc1cccc(CN(Cc2ccccc2)Cc2nc(C(=O)NC3CC3)co2)c1. The van der Waals surface area contributed by atoms with Crippen molar-refractivity contribution in [3.8, 4) is 0 Å². The number of hydrogen-bond donors (Lipinski definition) is 1. The van der Waals surface area contributed by atoms with E-state index >= 15 is 0 Å². The van der Waals surface area contributed by atoms with Crippen LogP contribution in [0.25, 0.3) is 0 Å². The Bertz CT molecular complexity index is 932. The first-order valence-electron chi connectivity index (χ1n) is 9.73. The molecule has 0 atom stereocenters. The molecule has 5 nitrogen and oxygen atoms in total. The number of hydrogen-bond acceptors (Lipinski definition) is 4. The summed E-state index contributed by atoms with van der Waals surface area (Å²) in [7, 11) is 0. The summed E-state index contributed by atoms with van der Waals surface area (Å²) in [6, 6.07) is 19.2. The Hall–Kier alpha value is -2.92. The summed E-state index contributed by atoms with van der Waals surface area (Å²) in [5, 5.41) is 2.95. The third-order valence-electron chi connectivity index (χ3n) is 4.79. The van der Waals surface area contributed by atoms with Crippen molar-refractivity contribution in [1.82, 2.24) is 15.2 Å². The van der Waals surface area contributed by atoms with Gasteiger partial charge in [-0.3, -0.25) is 9.69 Å². The van der Waals surface area contributed by atoms with Crippen LogP contribution in [0, 0.1) is 6.92 Å². The van der Waals surface area contributed by atoms with Crippen molar-refractivity contribution in [3.63, 3.8) is 0 Å². The molecule has 4 rings (SSSR count). The number of aromatic nitrogens is 1. The molecule has 1 heterocycles. The molecule has 0 saturated heterocycles. The molecule has 1 aliphatic carbocycles. The van der Waals surface area contributed by atoms with Crippen LogP contribution in [0.1, 0.15) is 45.9 Å². The summed E-state index contributed by atoms with van der Waals surface area (Å²) in [5.41, 5.74) is 4.08. The largest absolute Gasteiger partial charge is 0.447 e. The predicted octanol–water partition coefficient (Wildman–Crippen LogP) is 4.08. The van der Waals surface area contributed by atoms with Crippen LogP contribution in [0.15, 0.2) is 65.3 Å². The van der Waals surface area contributed by atoms with Gasteiger partial charge in [-0.1, -0.05) is 60.2 Å². The van der Waals surface area contributed by atoms with Crippen LogP contribution in [-0.4, -0.2) is 21.8 Å². The van der Waals surface area contributed by atoms with Crippen molar-refractivity contribution < 1.29 is 9.21 Å². The molecule has 28 heavy (non-hydrogen) atoms. The molecule has 1 aromatic heterocycles. The standard InChI is InChI=1S/C23H25N3O2/c1-17-6-5-9-19(12-17)14-26(13-18-7-3-2-4-8-18)15-22-25-21(16-28-22)23(27)24-20-10-11-20/h2-9,12,16,20H,10-11,13-15H2,1H3,(H,24,27). The number of rotatable bonds is 8. The zero-order chi connectivity index (χ0) is 19.3. The number of oxazole rings is 1. The summed E-state index contributed by atoms with van der Waals surface area (Å²) in [6.07, 6.45) is 3.57. The molecule has 0 spiro atoms. The Morgan fingerprint density at radius 2 is 1.82 bits per heavy atom. The second kappa shape index (κ2) is 8.40. The molecule has 0 unspecified atom stereocenters. The van der Waals surface area contributed by atoms with E-state index in [-0.39, 0.29) is 5.91 Å². The molecule has 1 amide bonds. The zero-order valence-electron chi connectivity index (χ0n) is 16.1. The molecule has 3 aromatic rings. The number of amides is 1. The third-order valence-corrected chi connectivity index (χ3v) is 4.79. The summed E-state index contributed by atoms with van der Waals surface area (Å²) >= 11 is 0. The van der Waals surface area contributed by atoms with Gasteiger partial charge in [0.05, 0.1) is 6.54 Å². The maximum Gasteiger partial charge on any atom is 0.273 e. The maximum atomic E-state index is 12.2. The molecule has 1 N–H and O–H groups in total. The van der Waals surface area contributed by atoms with E-state index in [1.54, 1.807) is 0 Å². The monoisotopic (exact) mass is 375 g/mol. The number of benzene rings is 2. The van der Waals surface area contributed by atoms with Gasteiger partial charge in [-0.2, -0.15) is 0 Å². The van der Waals surface area contributed by atoms with E-state index < -0.39 is 0 Å². The zero-order valence-corrected chi connectivity index (χ0v) is 16.1. The molecule has 1 saturated carbocycles. The average Bonchev–Trinajstić information content (AvgIpc) is 3.37. The molecular weight excluding hydrogens is 350 g/mol. The fourth-order valence-corrected chi connectivity index (χ4v) is 3.24. The molecule has 0 radical (unpaired) electrons. The van der Waals surface area contributed by atoms with Crippen LogP contribution in [0.5, 0.6) is 0 Å². The summed E-state index contributed by atoms with van der Waals surface area (Å²) in [5.74, 6) is 0.412. The lowest BCUT2D eigenvalue weighted by Crippen LogP contribution is -2.26. The van der Waals surface area contributed by atoms with Gasteiger partial charge < -0.3 is 9.73 Å². The van der Waals surface area contributed by atoms with E-state index in [0.717, 1.165) is 25.9 Å². The van der Waals surface area contributed by atoms with Gasteiger partial charge in [0.15, 0.2) is 5.69 Å². The first-order valence-corrected chi connectivity index (χ1v) is 9.73. The number of nitrogens with zero attached hydrogens (tertiary/aromatic N) is 2. The molecule has 0 aliphatic heterocycles. The Kier molecular flexibility index (Phi) is 5.53. The van der Waals surface area contributed by atoms with Crippen molar-refractivity contribution in [1.29, 1.82) is 0 Å². The predicted molar refractivity (Wildman–Crippen MR) is 108 cm³/mol. The molecule has 5 heteroatoms. The minimum Gasteiger partial charge on any atom is -0.447 e. The van der Waals surface area contributed by atoms with E-state index in [2.05, 4.69) is 58.5 Å². The number of carbonyl (C=O) groups is 1. The molecular formula is C23H25N3O2. The van der Waals surface area contributed by atoms with Gasteiger partial charge >= 0.3 is 0 Å². The Morgan fingerprint density at radius 1 is 1.07 bits per heavy atom. The highest BCUT2D eigenvalue weighted by atomic mass is 16.3. The van der Waals surface area contributed by atoms with Gasteiger partial charge in [0, 0.05) is 19.1 Å². The lowest BCUT2D eigenvalue weighted by molar-refractivity contribution is 0.0946. The molecule has 1 fully saturated rings. The van der Waals surface area contributed by atoms with Crippen molar-refractivity contribution in [2.24, 2.45) is 0 Å². The second-order valence-electron chi connectivity index (χ2n) is 7.49. The number of carbonyl (C=O) groups excluding carboxylic acids is 1. The van der Waals surface area contributed by atoms with Gasteiger partial charge in [-0.25, -0.2) is 4.98 Å². The summed E-state index contributed by atoms with van der Waals surface area (Å²) in [6.45, 7) is 4.20. The van der Waals surface area contributed by atoms with Crippen LogP contribution in [0.3, 0.4) is 0 Å². The number of aryl methyl sites for hydroxylation is 1. The Morgan fingerprint density at radius 3 is 2.57 bits per heavy atom. The number of nitrogens with one attached hydrogen (secondary N) is 1.